The average Bonchev–Trinajstić information content (AvgIpc) is 2.29. The maximum Gasteiger partial charge on any atom is 0.227 e. The molecule has 2 rings (SSSR count). The van der Waals surface area contributed by atoms with Crippen molar-refractivity contribution in [3.63, 3.8) is 0 Å². The predicted octanol–water partition coefficient (Wildman–Crippen LogP) is 1.16. The molecule has 0 aromatic heterocycles. The van der Waals surface area contributed by atoms with Crippen molar-refractivity contribution in [1.82, 2.24) is 10.2 Å². The molecule has 0 aliphatic carbocycles. The van der Waals surface area contributed by atoms with Crippen molar-refractivity contribution in [2.24, 2.45) is 5.92 Å². The Labute approximate surface area is 91.5 Å². The topological polar surface area (TPSA) is 32.3 Å². The summed E-state index contributed by atoms with van der Waals surface area (Å²) >= 11 is 0. The monoisotopic (exact) mass is 208 g/mol. The van der Waals surface area contributed by atoms with Crippen molar-refractivity contribution < 1.29 is 4.79 Å². The Morgan fingerprint density at radius 2 is 2.47 bits per heavy atom. The quantitative estimate of drug-likeness (QED) is 0.656. The van der Waals surface area contributed by atoms with Crippen LogP contribution in [0.15, 0.2) is 11.6 Å². The van der Waals surface area contributed by atoms with Crippen LogP contribution in [0.25, 0.3) is 0 Å². The molecule has 2 heterocycles. The lowest BCUT2D eigenvalue weighted by molar-refractivity contribution is -0.135. The SMILES string of the molecule is CC1=CCCN(C(=O)[C@@H]2CCCNC2)C1. The second-order valence-corrected chi connectivity index (χ2v) is 4.64. The first-order chi connectivity index (χ1) is 7.27. The third-order valence-electron chi connectivity index (χ3n) is 3.29. The molecule has 1 N–H and O–H groups in total. The molecule has 2 aliphatic rings. The summed E-state index contributed by atoms with van der Waals surface area (Å²) in [6.45, 7) is 5.81. The van der Waals surface area contributed by atoms with Crippen molar-refractivity contribution in [3.8, 4) is 0 Å². The minimum atomic E-state index is 0.227. The van der Waals surface area contributed by atoms with E-state index in [1.165, 1.54) is 5.57 Å². The summed E-state index contributed by atoms with van der Waals surface area (Å²) in [6.07, 6.45) is 5.46. The molecule has 0 saturated carbocycles. The Morgan fingerprint density at radius 3 is 3.13 bits per heavy atom. The van der Waals surface area contributed by atoms with E-state index in [1.54, 1.807) is 0 Å². The Bertz CT molecular complexity index is 267. The van der Waals surface area contributed by atoms with E-state index >= 15 is 0 Å². The van der Waals surface area contributed by atoms with Crippen LogP contribution in [0.3, 0.4) is 0 Å². The van der Waals surface area contributed by atoms with E-state index in [2.05, 4.69) is 18.3 Å². The van der Waals surface area contributed by atoms with Crippen LogP contribution in [0.5, 0.6) is 0 Å². The number of hydrogen-bond acceptors (Lipinski definition) is 2. The van der Waals surface area contributed by atoms with E-state index in [0.29, 0.717) is 5.91 Å². The highest BCUT2D eigenvalue weighted by Gasteiger charge is 2.26. The number of carbonyl (C=O) groups is 1. The standard InChI is InChI=1S/C12H20N2O/c1-10-4-3-7-14(9-10)12(15)11-5-2-6-13-8-11/h4,11,13H,2-3,5-9H2,1H3/t11-/m1/s1. The van der Waals surface area contributed by atoms with Gasteiger partial charge in [-0.25, -0.2) is 0 Å². The molecular formula is C12H20N2O. The van der Waals surface area contributed by atoms with Crippen LogP contribution in [0.4, 0.5) is 0 Å². The Hall–Kier alpha value is -0.830. The number of amides is 1. The Kier molecular flexibility index (Phi) is 3.41. The number of hydrogen-bond donors (Lipinski definition) is 1. The average molecular weight is 208 g/mol. The molecule has 15 heavy (non-hydrogen) atoms. The molecule has 0 radical (unpaired) electrons. The number of rotatable bonds is 1. The zero-order valence-electron chi connectivity index (χ0n) is 9.46. The third-order valence-corrected chi connectivity index (χ3v) is 3.29. The zero-order chi connectivity index (χ0) is 10.7. The van der Waals surface area contributed by atoms with Crippen molar-refractivity contribution in [2.75, 3.05) is 26.2 Å². The van der Waals surface area contributed by atoms with E-state index in [-0.39, 0.29) is 5.92 Å². The van der Waals surface area contributed by atoms with Crippen LogP contribution < -0.4 is 5.32 Å². The molecule has 1 fully saturated rings. The van der Waals surface area contributed by atoms with Gasteiger partial charge < -0.3 is 10.2 Å². The van der Waals surface area contributed by atoms with E-state index in [4.69, 9.17) is 0 Å². The number of nitrogens with zero attached hydrogens (tertiary/aromatic N) is 1. The van der Waals surface area contributed by atoms with Crippen LogP contribution in [0.1, 0.15) is 26.2 Å². The molecule has 1 amide bonds. The van der Waals surface area contributed by atoms with Gasteiger partial charge in [0.05, 0.1) is 5.92 Å². The van der Waals surface area contributed by atoms with Gasteiger partial charge in [-0.2, -0.15) is 0 Å². The zero-order valence-corrected chi connectivity index (χ0v) is 9.46. The third kappa shape index (κ3) is 2.59. The van der Waals surface area contributed by atoms with Crippen LogP contribution in [-0.2, 0) is 4.79 Å². The second kappa shape index (κ2) is 4.79. The summed E-state index contributed by atoms with van der Waals surface area (Å²) in [5.74, 6) is 0.583. The van der Waals surface area contributed by atoms with Crippen LogP contribution in [0.2, 0.25) is 0 Å². The van der Waals surface area contributed by atoms with Gasteiger partial charge in [0.1, 0.15) is 0 Å². The highest BCUT2D eigenvalue weighted by atomic mass is 16.2. The molecule has 1 saturated heterocycles. The van der Waals surface area contributed by atoms with Gasteiger partial charge in [0.15, 0.2) is 0 Å². The molecule has 0 aromatic carbocycles. The van der Waals surface area contributed by atoms with Crippen LogP contribution in [-0.4, -0.2) is 37.0 Å². The van der Waals surface area contributed by atoms with Gasteiger partial charge in [-0.05, 0) is 32.7 Å². The van der Waals surface area contributed by atoms with Gasteiger partial charge in [-0.3, -0.25) is 4.79 Å². The molecule has 1 atom stereocenters. The molecule has 2 aliphatic heterocycles. The summed E-state index contributed by atoms with van der Waals surface area (Å²) in [6, 6.07) is 0. The molecule has 3 nitrogen and oxygen atoms in total. The maximum atomic E-state index is 12.2. The summed E-state index contributed by atoms with van der Waals surface area (Å²) in [5.41, 5.74) is 1.33. The van der Waals surface area contributed by atoms with Gasteiger partial charge in [-0.1, -0.05) is 11.6 Å². The van der Waals surface area contributed by atoms with E-state index in [0.717, 1.165) is 45.4 Å². The van der Waals surface area contributed by atoms with Gasteiger partial charge in [0.25, 0.3) is 0 Å². The molecule has 0 spiro atoms. The van der Waals surface area contributed by atoms with E-state index in [1.807, 2.05) is 4.90 Å². The number of piperidine rings is 1. The number of carbonyl (C=O) groups excluding carboxylic acids is 1. The fourth-order valence-corrected chi connectivity index (χ4v) is 2.42. The molecule has 3 heteroatoms. The first-order valence-corrected chi connectivity index (χ1v) is 5.92. The minimum Gasteiger partial charge on any atom is -0.338 e. The number of nitrogens with one attached hydrogen (secondary N) is 1. The smallest absolute Gasteiger partial charge is 0.227 e. The summed E-state index contributed by atoms with van der Waals surface area (Å²) in [7, 11) is 0. The normalized spacial score (nSPS) is 27.4. The second-order valence-electron chi connectivity index (χ2n) is 4.64. The molecule has 84 valence electrons. The molecule has 0 unspecified atom stereocenters. The summed E-state index contributed by atoms with van der Waals surface area (Å²) in [5, 5.41) is 3.30. The van der Waals surface area contributed by atoms with Gasteiger partial charge in [0.2, 0.25) is 5.91 Å². The van der Waals surface area contributed by atoms with E-state index < -0.39 is 0 Å². The highest BCUT2D eigenvalue weighted by Crippen LogP contribution is 2.17. The Balaban J connectivity index is 1.92. The van der Waals surface area contributed by atoms with Crippen LogP contribution in [0, 0.1) is 5.92 Å². The summed E-state index contributed by atoms with van der Waals surface area (Å²) < 4.78 is 0. The Morgan fingerprint density at radius 1 is 1.60 bits per heavy atom. The van der Waals surface area contributed by atoms with Crippen molar-refractivity contribution in [1.29, 1.82) is 0 Å². The largest absolute Gasteiger partial charge is 0.338 e. The molecule has 0 bridgehead atoms. The van der Waals surface area contributed by atoms with Crippen molar-refractivity contribution in [2.45, 2.75) is 26.2 Å². The fourth-order valence-electron chi connectivity index (χ4n) is 2.42. The fraction of sp³-hybridized carbons (Fsp3) is 0.750. The lowest BCUT2D eigenvalue weighted by Crippen LogP contribution is -2.44. The molecular weight excluding hydrogens is 188 g/mol. The lowest BCUT2D eigenvalue weighted by atomic mass is 9.97. The maximum absolute atomic E-state index is 12.2. The van der Waals surface area contributed by atoms with Gasteiger partial charge in [-0.15, -0.1) is 0 Å². The van der Waals surface area contributed by atoms with E-state index in [9.17, 15) is 4.79 Å². The van der Waals surface area contributed by atoms with Gasteiger partial charge >= 0.3 is 0 Å². The predicted molar refractivity (Wildman–Crippen MR) is 60.5 cm³/mol. The van der Waals surface area contributed by atoms with Crippen molar-refractivity contribution in [3.05, 3.63) is 11.6 Å². The van der Waals surface area contributed by atoms with Gasteiger partial charge in [0, 0.05) is 19.6 Å². The van der Waals surface area contributed by atoms with Crippen molar-refractivity contribution >= 4 is 5.91 Å². The lowest BCUT2D eigenvalue weighted by Gasteiger charge is -2.31. The minimum absolute atomic E-state index is 0.227. The highest BCUT2D eigenvalue weighted by molar-refractivity contribution is 5.79. The molecule has 0 aromatic rings. The van der Waals surface area contributed by atoms with Crippen LogP contribution >= 0.6 is 0 Å². The first kappa shape index (κ1) is 10.7. The summed E-state index contributed by atoms with van der Waals surface area (Å²) in [4.78, 5) is 14.2. The first-order valence-electron chi connectivity index (χ1n) is 5.92.